The average molecular weight is 407 g/mol. The fourth-order valence-electron chi connectivity index (χ4n) is 3.41. The molecule has 148 valence electrons. The smallest absolute Gasteiger partial charge is 0.241 e. The predicted molar refractivity (Wildman–Crippen MR) is 110 cm³/mol. The number of hydrogen-bond donors (Lipinski definition) is 1. The number of thiophene rings is 1. The third kappa shape index (κ3) is 4.88. The molecule has 4 rings (SSSR count). The second kappa shape index (κ2) is 8.99. The Morgan fingerprint density at radius 3 is 2.76 bits per heavy atom. The molecule has 2 aromatic heterocycles. The van der Waals surface area contributed by atoms with Gasteiger partial charge in [0.15, 0.2) is 0 Å². The van der Waals surface area contributed by atoms with Crippen LogP contribution in [0.2, 0.25) is 0 Å². The molecule has 1 aliphatic rings. The molecule has 0 spiro atoms. The van der Waals surface area contributed by atoms with E-state index < -0.39 is 0 Å². The summed E-state index contributed by atoms with van der Waals surface area (Å²) < 4.78 is 5.38. The summed E-state index contributed by atoms with van der Waals surface area (Å²) in [6.45, 7) is 2.24. The number of rotatable bonds is 6. The first-order valence-corrected chi connectivity index (χ1v) is 10.4. The summed E-state index contributed by atoms with van der Waals surface area (Å²) in [6, 6.07) is 13.5. The lowest BCUT2D eigenvalue weighted by molar-refractivity contribution is -0.121. The molecule has 29 heavy (non-hydrogen) atoms. The van der Waals surface area contributed by atoms with Crippen molar-refractivity contribution in [2.75, 3.05) is 18.4 Å². The molecule has 0 aliphatic carbocycles. The Morgan fingerprint density at radius 2 is 2.07 bits per heavy atom. The van der Waals surface area contributed by atoms with Gasteiger partial charge in [0.1, 0.15) is 0 Å². The molecule has 3 aromatic rings. The van der Waals surface area contributed by atoms with Gasteiger partial charge in [0.2, 0.25) is 17.6 Å². The Labute approximate surface area is 173 Å². The van der Waals surface area contributed by atoms with Crippen molar-refractivity contribution in [1.29, 1.82) is 5.26 Å². The molecule has 0 saturated carbocycles. The van der Waals surface area contributed by atoms with Gasteiger partial charge in [0, 0.05) is 11.6 Å². The van der Waals surface area contributed by atoms with Crippen molar-refractivity contribution in [1.82, 2.24) is 15.0 Å². The number of hydrogen-bond acceptors (Lipinski definition) is 7. The Balaban J connectivity index is 1.26. The highest BCUT2D eigenvalue weighted by Gasteiger charge is 2.26. The van der Waals surface area contributed by atoms with Gasteiger partial charge in [-0.2, -0.15) is 10.2 Å². The van der Waals surface area contributed by atoms with Gasteiger partial charge in [0.05, 0.1) is 23.9 Å². The number of nitrogens with zero attached hydrogens (tertiary/aromatic N) is 4. The maximum atomic E-state index is 12.6. The van der Waals surface area contributed by atoms with Gasteiger partial charge in [-0.25, -0.2) is 0 Å². The summed E-state index contributed by atoms with van der Waals surface area (Å²) in [6.07, 6.45) is 1.97. The number of piperidine rings is 1. The molecule has 1 amide bonds. The van der Waals surface area contributed by atoms with Gasteiger partial charge < -0.3 is 9.84 Å². The quantitative estimate of drug-likeness (QED) is 0.669. The molecule has 0 radical (unpaired) electrons. The molecule has 3 heterocycles. The lowest BCUT2D eigenvalue weighted by Gasteiger charge is -2.30. The van der Waals surface area contributed by atoms with Crippen LogP contribution in [0, 0.1) is 17.2 Å². The molecular formula is C21H21N5O2S. The maximum absolute atomic E-state index is 12.6. The lowest BCUT2D eigenvalue weighted by atomic mass is 9.96. The molecule has 1 saturated heterocycles. The molecule has 1 fully saturated rings. The number of aromatic nitrogens is 2. The Morgan fingerprint density at radius 1 is 1.28 bits per heavy atom. The van der Waals surface area contributed by atoms with E-state index in [2.05, 4.69) is 26.4 Å². The normalized spacial score (nSPS) is 15.1. The number of amides is 1. The van der Waals surface area contributed by atoms with Crippen LogP contribution in [0.5, 0.6) is 0 Å². The Hall–Kier alpha value is -3.02. The highest BCUT2D eigenvalue weighted by atomic mass is 32.1. The Kier molecular flexibility index (Phi) is 5.98. The third-order valence-electron chi connectivity index (χ3n) is 5.03. The van der Waals surface area contributed by atoms with Gasteiger partial charge in [-0.1, -0.05) is 23.4 Å². The summed E-state index contributed by atoms with van der Waals surface area (Å²) in [4.78, 5) is 20.3. The molecule has 0 unspecified atom stereocenters. The van der Waals surface area contributed by atoms with Crippen LogP contribution in [0.15, 0.2) is 46.3 Å². The van der Waals surface area contributed by atoms with Gasteiger partial charge in [0.25, 0.3) is 0 Å². The minimum atomic E-state index is -0.00519. The number of likely N-dealkylation sites (tertiary alicyclic amines) is 1. The summed E-state index contributed by atoms with van der Waals surface area (Å²) in [5, 5.41) is 17.7. The van der Waals surface area contributed by atoms with Crippen molar-refractivity contribution in [3.05, 3.63) is 53.2 Å². The van der Waals surface area contributed by atoms with E-state index in [1.54, 1.807) is 11.3 Å². The van der Waals surface area contributed by atoms with E-state index in [0.29, 0.717) is 24.7 Å². The number of carbonyl (C=O) groups excluding carboxylic acids is 1. The predicted octanol–water partition coefficient (Wildman–Crippen LogP) is 3.71. The topological polar surface area (TPSA) is 95.1 Å². The van der Waals surface area contributed by atoms with Gasteiger partial charge in [-0.05, 0) is 55.1 Å². The maximum Gasteiger partial charge on any atom is 0.241 e. The minimum Gasteiger partial charge on any atom is -0.338 e. The van der Waals surface area contributed by atoms with E-state index in [1.807, 2.05) is 41.8 Å². The zero-order chi connectivity index (χ0) is 20.1. The second-order valence-electron chi connectivity index (χ2n) is 7.06. The number of benzene rings is 1. The molecule has 0 bridgehead atoms. The van der Waals surface area contributed by atoms with Gasteiger partial charge in [-0.3, -0.25) is 9.69 Å². The summed E-state index contributed by atoms with van der Waals surface area (Å²) in [5.41, 5.74) is 1.72. The molecule has 7 nitrogen and oxygen atoms in total. The van der Waals surface area contributed by atoms with Crippen molar-refractivity contribution in [2.24, 2.45) is 5.92 Å². The van der Waals surface area contributed by atoms with Crippen LogP contribution < -0.4 is 5.32 Å². The van der Waals surface area contributed by atoms with E-state index in [1.165, 1.54) is 0 Å². The van der Waals surface area contributed by atoms with Crippen molar-refractivity contribution < 1.29 is 9.32 Å². The van der Waals surface area contributed by atoms with E-state index in [0.717, 1.165) is 42.1 Å². The summed E-state index contributed by atoms with van der Waals surface area (Å²) in [5.74, 6) is 1.28. The van der Waals surface area contributed by atoms with Crippen LogP contribution in [0.1, 0.15) is 24.3 Å². The van der Waals surface area contributed by atoms with Crippen molar-refractivity contribution in [2.45, 2.75) is 25.8 Å². The van der Waals surface area contributed by atoms with Crippen LogP contribution in [0.3, 0.4) is 0 Å². The van der Waals surface area contributed by atoms with Crippen molar-refractivity contribution >= 4 is 22.9 Å². The Bertz CT molecular complexity index is 983. The van der Waals surface area contributed by atoms with Crippen LogP contribution in [-0.2, 0) is 17.8 Å². The average Bonchev–Trinajstić information content (AvgIpc) is 3.42. The van der Waals surface area contributed by atoms with Crippen molar-refractivity contribution in [3.8, 4) is 16.8 Å². The fraction of sp³-hybridized carbons (Fsp3) is 0.333. The molecule has 1 aromatic carbocycles. The first-order valence-electron chi connectivity index (χ1n) is 9.57. The van der Waals surface area contributed by atoms with Crippen LogP contribution in [0.4, 0.5) is 5.69 Å². The monoisotopic (exact) mass is 407 g/mol. The second-order valence-corrected chi connectivity index (χ2v) is 8.01. The van der Waals surface area contributed by atoms with Gasteiger partial charge >= 0.3 is 0 Å². The molecule has 8 heteroatoms. The van der Waals surface area contributed by atoms with E-state index >= 15 is 0 Å². The molecule has 1 aliphatic heterocycles. The summed E-state index contributed by atoms with van der Waals surface area (Å²) >= 11 is 1.59. The molecule has 1 N–H and O–H groups in total. The number of anilines is 1. The van der Waals surface area contributed by atoms with E-state index in [-0.39, 0.29) is 11.8 Å². The lowest BCUT2D eigenvalue weighted by Crippen LogP contribution is -2.37. The fourth-order valence-corrected chi connectivity index (χ4v) is 4.06. The molecule has 0 atom stereocenters. The third-order valence-corrected chi connectivity index (χ3v) is 5.90. The molecular weight excluding hydrogens is 386 g/mol. The SMILES string of the molecule is N#CCc1ccc(NC(=O)C2CCN(Cc3nc(-c4cccs4)no3)CC2)cc1. The first kappa shape index (κ1) is 19.3. The highest BCUT2D eigenvalue weighted by Crippen LogP contribution is 2.24. The van der Waals surface area contributed by atoms with Crippen molar-refractivity contribution in [3.63, 3.8) is 0 Å². The number of nitrogens with one attached hydrogen (secondary N) is 1. The van der Waals surface area contributed by atoms with Crippen LogP contribution in [0.25, 0.3) is 10.7 Å². The summed E-state index contributed by atoms with van der Waals surface area (Å²) in [7, 11) is 0. The number of carbonyl (C=O) groups is 1. The van der Waals surface area contributed by atoms with E-state index in [9.17, 15) is 4.79 Å². The zero-order valence-electron chi connectivity index (χ0n) is 15.9. The van der Waals surface area contributed by atoms with Crippen LogP contribution >= 0.6 is 11.3 Å². The van der Waals surface area contributed by atoms with Crippen LogP contribution in [-0.4, -0.2) is 34.0 Å². The standard InChI is InChI=1S/C21H21N5O2S/c22-10-7-15-3-5-17(6-4-15)23-21(27)16-8-11-26(12-9-16)14-19-24-20(25-28-19)18-2-1-13-29-18/h1-6,13,16H,7-9,11-12,14H2,(H,23,27). The number of nitriles is 1. The highest BCUT2D eigenvalue weighted by molar-refractivity contribution is 7.13. The first-order chi connectivity index (χ1) is 14.2. The van der Waals surface area contributed by atoms with Gasteiger partial charge in [-0.15, -0.1) is 11.3 Å². The minimum absolute atomic E-state index is 0.00519. The van der Waals surface area contributed by atoms with E-state index in [4.69, 9.17) is 9.78 Å². The zero-order valence-corrected chi connectivity index (χ0v) is 16.7. The largest absolute Gasteiger partial charge is 0.338 e.